The maximum absolute atomic E-state index is 12.3. The highest BCUT2D eigenvalue weighted by atomic mass is 35.5. The van der Waals surface area contributed by atoms with Crippen molar-refractivity contribution in [1.82, 2.24) is 9.78 Å². The van der Waals surface area contributed by atoms with E-state index in [-0.39, 0.29) is 4.90 Å². The van der Waals surface area contributed by atoms with Crippen molar-refractivity contribution in [3.05, 3.63) is 41.7 Å². The monoisotopic (exact) mass is 285 g/mol. The van der Waals surface area contributed by atoms with Crippen LogP contribution in [0.1, 0.15) is 0 Å². The SMILES string of the molecule is CN(c1cnn(C)c1)S(=O)(=O)c1cccc(Cl)c1. The third-order valence-corrected chi connectivity index (χ3v) is 4.53. The lowest BCUT2D eigenvalue weighted by Crippen LogP contribution is -2.26. The molecule has 0 spiro atoms. The Balaban J connectivity index is 2.43. The fourth-order valence-electron chi connectivity index (χ4n) is 1.50. The number of anilines is 1. The molecule has 0 aliphatic carbocycles. The van der Waals surface area contributed by atoms with E-state index in [9.17, 15) is 8.42 Å². The van der Waals surface area contributed by atoms with Gasteiger partial charge in [0, 0.05) is 25.3 Å². The molecule has 0 unspecified atom stereocenters. The molecule has 0 atom stereocenters. The summed E-state index contributed by atoms with van der Waals surface area (Å²) in [5, 5.41) is 4.33. The first kappa shape index (κ1) is 12.9. The highest BCUT2D eigenvalue weighted by molar-refractivity contribution is 7.92. The summed E-state index contributed by atoms with van der Waals surface area (Å²) < 4.78 is 27.4. The van der Waals surface area contributed by atoms with Crippen molar-refractivity contribution in [2.24, 2.45) is 7.05 Å². The van der Waals surface area contributed by atoms with Gasteiger partial charge in [-0.05, 0) is 18.2 Å². The van der Waals surface area contributed by atoms with Gasteiger partial charge in [-0.3, -0.25) is 8.99 Å². The molecule has 0 fully saturated rings. The van der Waals surface area contributed by atoms with E-state index in [1.807, 2.05) is 0 Å². The zero-order valence-electron chi connectivity index (χ0n) is 9.91. The Kier molecular flexibility index (Phi) is 3.32. The van der Waals surface area contributed by atoms with Crippen molar-refractivity contribution in [2.75, 3.05) is 11.4 Å². The molecule has 0 N–H and O–H groups in total. The third-order valence-electron chi connectivity index (χ3n) is 2.51. The van der Waals surface area contributed by atoms with Gasteiger partial charge in [-0.15, -0.1) is 0 Å². The molecule has 0 saturated heterocycles. The number of hydrogen-bond donors (Lipinski definition) is 0. The molecule has 96 valence electrons. The first-order valence-corrected chi connectivity index (χ1v) is 6.96. The van der Waals surface area contributed by atoms with Gasteiger partial charge in [0.1, 0.15) is 0 Å². The molecular weight excluding hydrogens is 274 g/mol. The van der Waals surface area contributed by atoms with Crippen LogP contribution in [-0.2, 0) is 17.1 Å². The van der Waals surface area contributed by atoms with Crippen LogP contribution in [0.3, 0.4) is 0 Å². The van der Waals surface area contributed by atoms with Crippen LogP contribution in [0.15, 0.2) is 41.6 Å². The van der Waals surface area contributed by atoms with Crippen LogP contribution < -0.4 is 4.31 Å². The Morgan fingerprint density at radius 3 is 2.67 bits per heavy atom. The van der Waals surface area contributed by atoms with Crippen molar-refractivity contribution in [1.29, 1.82) is 0 Å². The highest BCUT2D eigenvalue weighted by Crippen LogP contribution is 2.23. The Hall–Kier alpha value is -1.53. The van der Waals surface area contributed by atoms with Crippen molar-refractivity contribution in [2.45, 2.75) is 4.90 Å². The molecule has 0 aliphatic heterocycles. The molecule has 0 aliphatic rings. The number of rotatable bonds is 3. The minimum absolute atomic E-state index is 0.154. The summed E-state index contributed by atoms with van der Waals surface area (Å²) in [4.78, 5) is 0.154. The third kappa shape index (κ3) is 2.34. The summed E-state index contributed by atoms with van der Waals surface area (Å²) in [7, 11) is -0.401. The van der Waals surface area contributed by atoms with Gasteiger partial charge in [-0.25, -0.2) is 8.42 Å². The van der Waals surface area contributed by atoms with Crippen LogP contribution in [0.2, 0.25) is 5.02 Å². The van der Waals surface area contributed by atoms with E-state index in [1.165, 1.54) is 29.7 Å². The van der Waals surface area contributed by atoms with E-state index < -0.39 is 10.0 Å². The molecule has 0 radical (unpaired) electrons. The lowest BCUT2D eigenvalue weighted by atomic mass is 10.4. The summed E-state index contributed by atoms with van der Waals surface area (Å²) in [5.74, 6) is 0. The van der Waals surface area contributed by atoms with Gasteiger partial charge in [-0.1, -0.05) is 17.7 Å². The zero-order valence-corrected chi connectivity index (χ0v) is 11.5. The van der Waals surface area contributed by atoms with Gasteiger partial charge in [0.05, 0.1) is 16.8 Å². The Bertz CT molecular complexity index is 666. The number of nitrogens with zero attached hydrogens (tertiary/aromatic N) is 3. The van der Waals surface area contributed by atoms with Gasteiger partial charge >= 0.3 is 0 Å². The van der Waals surface area contributed by atoms with Gasteiger partial charge in [-0.2, -0.15) is 5.10 Å². The number of aryl methyl sites for hydroxylation is 1. The standard InChI is InChI=1S/C11H12ClN3O2S/c1-14-8-10(7-13-14)15(2)18(16,17)11-5-3-4-9(12)6-11/h3-8H,1-2H3. The van der Waals surface area contributed by atoms with Crippen molar-refractivity contribution in [3.8, 4) is 0 Å². The summed E-state index contributed by atoms with van der Waals surface area (Å²) in [6.45, 7) is 0. The molecule has 5 nitrogen and oxygen atoms in total. The van der Waals surface area contributed by atoms with Crippen LogP contribution in [0.25, 0.3) is 0 Å². The molecule has 2 aromatic rings. The van der Waals surface area contributed by atoms with Crippen molar-refractivity contribution < 1.29 is 8.42 Å². The Morgan fingerprint density at radius 1 is 1.39 bits per heavy atom. The van der Waals surface area contributed by atoms with Crippen LogP contribution in [-0.4, -0.2) is 25.2 Å². The van der Waals surface area contributed by atoms with E-state index in [2.05, 4.69) is 5.10 Å². The maximum Gasteiger partial charge on any atom is 0.264 e. The minimum Gasteiger partial charge on any atom is -0.274 e. The molecule has 7 heteroatoms. The number of aromatic nitrogens is 2. The molecule has 0 bridgehead atoms. The number of benzene rings is 1. The molecule has 1 aromatic carbocycles. The zero-order chi connectivity index (χ0) is 13.3. The Morgan fingerprint density at radius 2 is 2.11 bits per heavy atom. The molecule has 0 saturated carbocycles. The van der Waals surface area contributed by atoms with E-state index in [0.29, 0.717) is 10.7 Å². The topological polar surface area (TPSA) is 55.2 Å². The van der Waals surface area contributed by atoms with E-state index in [0.717, 1.165) is 0 Å². The largest absolute Gasteiger partial charge is 0.274 e. The summed E-state index contributed by atoms with van der Waals surface area (Å²) in [6, 6.07) is 6.16. The second-order valence-electron chi connectivity index (χ2n) is 3.80. The second-order valence-corrected chi connectivity index (χ2v) is 6.21. The molecule has 2 rings (SSSR count). The number of sulfonamides is 1. The van der Waals surface area contributed by atoms with Crippen molar-refractivity contribution >= 4 is 27.3 Å². The smallest absolute Gasteiger partial charge is 0.264 e. The predicted octanol–water partition coefficient (Wildman–Crippen LogP) is 1.90. The van der Waals surface area contributed by atoms with Crippen LogP contribution >= 0.6 is 11.6 Å². The van der Waals surface area contributed by atoms with Gasteiger partial charge in [0.15, 0.2) is 0 Å². The lowest BCUT2D eigenvalue weighted by Gasteiger charge is -2.17. The molecular formula is C11H12ClN3O2S. The first-order valence-electron chi connectivity index (χ1n) is 5.14. The molecule has 1 aromatic heterocycles. The lowest BCUT2D eigenvalue weighted by molar-refractivity contribution is 0.594. The normalized spacial score (nSPS) is 11.5. The summed E-state index contributed by atoms with van der Waals surface area (Å²) >= 11 is 5.81. The van der Waals surface area contributed by atoms with Gasteiger partial charge < -0.3 is 0 Å². The van der Waals surface area contributed by atoms with Crippen LogP contribution in [0, 0.1) is 0 Å². The predicted molar refractivity (Wildman–Crippen MR) is 70.2 cm³/mol. The van der Waals surface area contributed by atoms with E-state index in [4.69, 9.17) is 11.6 Å². The molecule has 18 heavy (non-hydrogen) atoms. The maximum atomic E-state index is 12.3. The second kappa shape index (κ2) is 4.62. The van der Waals surface area contributed by atoms with Gasteiger partial charge in [0.2, 0.25) is 0 Å². The average molecular weight is 286 g/mol. The summed E-state index contributed by atoms with van der Waals surface area (Å²) in [6.07, 6.45) is 3.12. The van der Waals surface area contributed by atoms with Gasteiger partial charge in [0.25, 0.3) is 10.0 Å². The van der Waals surface area contributed by atoms with Crippen LogP contribution in [0.4, 0.5) is 5.69 Å². The average Bonchev–Trinajstić information content (AvgIpc) is 2.74. The molecule has 0 amide bonds. The fraction of sp³-hybridized carbons (Fsp3) is 0.182. The molecule has 1 heterocycles. The number of hydrogen-bond acceptors (Lipinski definition) is 3. The minimum atomic E-state index is -3.61. The summed E-state index contributed by atoms with van der Waals surface area (Å²) in [5.41, 5.74) is 0.498. The fourth-order valence-corrected chi connectivity index (χ4v) is 2.96. The quantitative estimate of drug-likeness (QED) is 0.865. The number of halogens is 1. The van der Waals surface area contributed by atoms with E-state index in [1.54, 1.807) is 30.1 Å². The van der Waals surface area contributed by atoms with Crippen molar-refractivity contribution in [3.63, 3.8) is 0 Å². The Labute approximate surface area is 111 Å². The highest BCUT2D eigenvalue weighted by Gasteiger charge is 2.22. The van der Waals surface area contributed by atoms with E-state index >= 15 is 0 Å². The van der Waals surface area contributed by atoms with Crippen LogP contribution in [0.5, 0.6) is 0 Å². The first-order chi connectivity index (χ1) is 8.41.